The molecule has 0 saturated carbocycles. The van der Waals surface area contributed by atoms with Crippen LogP contribution in [0.3, 0.4) is 0 Å². The molecule has 0 atom stereocenters. The lowest BCUT2D eigenvalue weighted by molar-refractivity contribution is -0.148. The highest BCUT2D eigenvalue weighted by atomic mass is 19.1. The van der Waals surface area contributed by atoms with Crippen molar-refractivity contribution in [1.82, 2.24) is 0 Å². The Bertz CT molecular complexity index is 564. The van der Waals surface area contributed by atoms with Crippen LogP contribution in [0.5, 0.6) is 0 Å². The summed E-state index contributed by atoms with van der Waals surface area (Å²) in [6.07, 6.45) is 1.29. The molecule has 1 aromatic carbocycles. The van der Waals surface area contributed by atoms with Crippen LogP contribution in [0.4, 0.5) is 15.8 Å². The van der Waals surface area contributed by atoms with Gasteiger partial charge < -0.3 is 9.64 Å². The van der Waals surface area contributed by atoms with Crippen molar-refractivity contribution in [3.63, 3.8) is 0 Å². The topological polar surface area (TPSA) is 78.3 Å². The highest BCUT2D eigenvalue weighted by Gasteiger charge is 2.27. The molecule has 7 heteroatoms. The fourth-order valence-electron chi connectivity index (χ4n) is 2.52. The van der Waals surface area contributed by atoms with Crippen molar-refractivity contribution < 1.29 is 13.9 Å². The number of hydrogen-bond donors (Lipinski definition) is 0. The molecule has 0 unspecified atom stereocenters. The molecule has 0 aromatic heterocycles. The zero-order chi connectivity index (χ0) is 15.2. The van der Waals surface area contributed by atoms with Crippen LogP contribution in [0.25, 0.3) is 10.4 Å². The van der Waals surface area contributed by atoms with E-state index in [1.807, 2.05) is 4.90 Å². The normalized spacial score (nSPS) is 15.4. The summed E-state index contributed by atoms with van der Waals surface area (Å²) in [4.78, 5) is 16.3. The number of piperidine rings is 1. The zero-order valence-electron chi connectivity index (χ0n) is 11.8. The van der Waals surface area contributed by atoms with Crippen LogP contribution < -0.4 is 4.90 Å². The van der Waals surface area contributed by atoms with E-state index >= 15 is 0 Å². The van der Waals surface area contributed by atoms with Crippen molar-refractivity contribution in [3.8, 4) is 0 Å². The Labute approximate surface area is 122 Å². The van der Waals surface area contributed by atoms with Gasteiger partial charge in [-0.15, -0.1) is 0 Å². The van der Waals surface area contributed by atoms with Crippen LogP contribution in [0, 0.1) is 11.7 Å². The number of benzene rings is 1. The third kappa shape index (κ3) is 3.44. The smallest absolute Gasteiger partial charge is 0.309 e. The second-order valence-corrected chi connectivity index (χ2v) is 4.81. The number of halogens is 1. The van der Waals surface area contributed by atoms with Gasteiger partial charge in [-0.25, -0.2) is 4.39 Å². The molecule has 0 N–H and O–H groups in total. The van der Waals surface area contributed by atoms with Gasteiger partial charge in [0.15, 0.2) is 0 Å². The maximum atomic E-state index is 13.7. The fraction of sp³-hybridized carbons (Fsp3) is 0.500. The summed E-state index contributed by atoms with van der Waals surface area (Å²) >= 11 is 0. The molecule has 1 aliphatic rings. The molecule has 0 radical (unpaired) electrons. The minimum Gasteiger partial charge on any atom is -0.466 e. The first kappa shape index (κ1) is 15.1. The number of nitrogens with zero attached hydrogens (tertiary/aromatic N) is 4. The van der Waals surface area contributed by atoms with Crippen molar-refractivity contribution in [1.29, 1.82) is 0 Å². The standard InChI is InChI=1S/C14H17FN4O2/c1-2-21-14(20)10-6-8-19(9-7-10)12-5-3-4-11(15)13(12)17-18-16/h3-5,10H,2,6-9H2,1H3. The van der Waals surface area contributed by atoms with Crippen LogP contribution >= 0.6 is 0 Å². The molecule has 112 valence electrons. The van der Waals surface area contributed by atoms with Crippen LogP contribution in [0.15, 0.2) is 23.3 Å². The first-order valence-corrected chi connectivity index (χ1v) is 6.92. The molecule has 1 saturated heterocycles. The van der Waals surface area contributed by atoms with Crippen LogP contribution in [0.1, 0.15) is 19.8 Å². The summed E-state index contributed by atoms with van der Waals surface area (Å²) in [5.74, 6) is -0.831. The average Bonchev–Trinajstić information content (AvgIpc) is 2.50. The van der Waals surface area contributed by atoms with E-state index in [0.29, 0.717) is 38.2 Å². The Morgan fingerprint density at radius 1 is 1.52 bits per heavy atom. The zero-order valence-corrected chi connectivity index (χ0v) is 11.8. The Kier molecular flexibility index (Phi) is 5.00. The number of esters is 1. The number of azide groups is 1. The third-order valence-electron chi connectivity index (χ3n) is 3.57. The molecule has 1 heterocycles. The Morgan fingerprint density at radius 2 is 2.24 bits per heavy atom. The minimum atomic E-state index is -0.544. The van der Waals surface area contributed by atoms with E-state index in [9.17, 15) is 9.18 Å². The highest BCUT2D eigenvalue weighted by molar-refractivity contribution is 5.73. The molecule has 1 fully saturated rings. The van der Waals surface area contributed by atoms with Gasteiger partial charge >= 0.3 is 5.97 Å². The number of ether oxygens (including phenoxy) is 1. The molecule has 6 nitrogen and oxygen atoms in total. The monoisotopic (exact) mass is 292 g/mol. The van der Waals surface area contributed by atoms with Gasteiger partial charge in [0, 0.05) is 23.7 Å². The van der Waals surface area contributed by atoms with Gasteiger partial charge in [-0.3, -0.25) is 4.79 Å². The van der Waals surface area contributed by atoms with Crippen molar-refractivity contribution in [2.45, 2.75) is 19.8 Å². The first-order valence-electron chi connectivity index (χ1n) is 6.92. The maximum absolute atomic E-state index is 13.7. The Hall–Kier alpha value is -2.27. The second kappa shape index (κ2) is 6.95. The van der Waals surface area contributed by atoms with Crippen molar-refractivity contribution >= 4 is 17.3 Å². The van der Waals surface area contributed by atoms with Crippen LogP contribution in [-0.4, -0.2) is 25.7 Å². The van der Waals surface area contributed by atoms with Crippen LogP contribution in [0.2, 0.25) is 0 Å². The van der Waals surface area contributed by atoms with Gasteiger partial charge in [0.2, 0.25) is 0 Å². The van der Waals surface area contributed by atoms with Gasteiger partial charge in [0.05, 0.1) is 18.2 Å². The summed E-state index contributed by atoms with van der Waals surface area (Å²) in [5.41, 5.74) is 9.13. The van der Waals surface area contributed by atoms with Gasteiger partial charge in [0.25, 0.3) is 0 Å². The molecule has 2 rings (SSSR count). The lowest BCUT2D eigenvalue weighted by atomic mass is 9.96. The molecule has 1 aromatic rings. The lowest BCUT2D eigenvalue weighted by Crippen LogP contribution is -2.37. The summed E-state index contributed by atoms with van der Waals surface area (Å²) in [6, 6.07) is 4.56. The Balaban J connectivity index is 2.11. The Morgan fingerprint density at radius 3 is 2.86 bits per heavy atom. The van der Waals surface area contributed by atoms with E-state index in [1.54, 1.807) is 19.1 Å². The van der Waals surface area contributed by atoms with Gasteiger partial charge in [-0.2, -0.15) is 0 Å². The highest BCUT2D eigenvalue weighted by Crippen LogP contribution is 2.34. The SMILES string of the molecule is CCOC(=O)C1CCN(c2cccc(F)c2N=[N+]=[N-])CC1. The summed E-state index contributed by atoms with van der Waals surface area (Å²) < 4.78 is 18.8. The second-order valence-electron chi connectivity index (χ2n) is 4.81. The largest absolute Gasteiger partial charge is 0.466 e. The van der Waals surface area contributed by atoms with Gasteiger partial charge in [0.1, 0.15) is 5.82 Å². The van der Waals surface area contributed by atoms with Crippen molar-refractivity contribution in [2.24, 2.45) is 11.0 Å². The quantitative estimate of drug-likeness (QED) is 0.368. The van der Waals surface area contributed by atoms with Crippen LogP contribution in [-0.2, 0) is 9.53 Å². The fourth-order valence-corrected chi connectivity index (χ4v) is 2.52. The van der Waals surface area contributed by atoms with E-state index < -0.39 is 5.82 Å². The van der Waals surface area contributed by atoms with E-state index in [1.165, 1.54) is 6.07 Å². The van der Waals surface area contributed by atoms with Gasteiger partial charge in [-0.05, 0) is 37.4 Å². The van der Waals surface area contributed by atoms with E-state index in [4.69, 9.17) is 10.3 Å². The van der Waals surface area contributed by atoms with E-state index in [-0.39, 0.29) is 17.6 Å². The third-order valence-corrected chi connectivity index (χ3v) is 3.57. The maximum Gasteiger partial charge on any atom is 0.309 e. The molecule has 21 heavy (non-hydrogen) atoms. The molecule has 0 bridgehead atoms. The summed E-state index contributed by atoms with van der Waals surface area (Å²) in [7, 11) is 0. The van der Waals surface area contributed by atoms with E-state index in [2.05, 4.69) is 10.0 Å². The number of rotatable bonds is 4. The number of anilines is 1. The first-order chi connectivity index (χ1) is 10.2. The van der Waals surface area contributed by atoms with Gasteiger partial charge in [-0.1, -0.05) is 11.2 Å². The molecule has 0 amide bonds. The number of carbonyl (C=O) groups is 1. The predicted octanol–water partition coefficient (Wildman–Crippen LogP) is 3.55. The lowest BCUT2D eigenvalue weighted by Gasteiger charge is -2.33. The predicted molar refractivity (Wildman–Crippen MR) is 76.8 cm³/mol. The minimum absolute atomic E-state index is 0.00887. The van der Waals surface area contributed by atoms with Crippen molar-refractivity contribution in [3.05, 3.63) is 34.5 Å². The molecule has 0 aliphatic carbocycles. The number of carbonyl (C=O) groups excluding carboxylic acids is 1. The van der Waals surface area contributed by atoms with Crippen molar-refractivity contribution in [2.75, 3.05) is 24.6 Å². The molecular weight excluding hydrogens is 275 g/mol. The molecule has 1 aliphatic heterocycles. The van der Waals surface area contributed by atoms with E-state index in [0.717, 1.165) is 0 Å². The molecular formula is C14H17FN4O2. The average molecular weight is 292 g/mol. The molecule has 0 spiro atoms. The summed E-state index contributed by atoms with van der Waals surface area (Å²) in [6.45, 7) is 3.36. The number of hydrogen-bond acceptors (Lipinski definition) is 4. The summed E-state index contributed by atoms with van der Waals surface area (Å²) in [5, 5.41) is 3.44.